The minimum atomic E-state index is -1.25. The van der Waals surface area contributed by atoms with Gasteiger partial charge >= 0.3 is 5.97 Å². The topological polar surface area (TPSA) is 46.5 Å². The van der Waals surface area contributed by atoms with Gasteiger partial charge in [0.25, 0.3) is 0 Å². The van der Waals surface area contributed by atoms with E-state index in [4.69, 9.17) is 4.74 Å². The van der Waals surface area contributed by atoms with Crippen LogP contribution in [0.1, 0.15) is 30.4 Å². The minimum Gasteiger partial charge on any atom is -0.481 e. The van der Waals surface area contributed by atoms with Crippen LogP contribution in [-0.4, -0.2) is 18.2 Å². The van der Waals surface area contributed by atoms with Gasteiger partial charge in [0.05, 0.1) is 12.0 Å². The standard InChI is InChI=1S/C13H14F2O3/c1-18-7-8-5-11(15)9(6-10(8)14)13(12(16)17)3-2-4-13/h5-6H,2-4,7H2,1H3,(H,16,17). The number of halogens is 2. The SMILES string of the molecule is COCc1cc(F)c(C2(C(=O)O)CCC2)cc1F. The molecule has 0 spiro atoms. The number of carbonyl (C=O) groups is 1. The van der Waals surface area contributed by atoms with Crippen LogP contribution in [0.15, 0.2) is 12.1 Å². The smallest absolute Gasteiger partial charge is 0.314 e. The maximum atomic E-state index is 13.9. The first-order valence-electron chi connectivity index (χ1n) is 5.72. The van der Waals surface area contributed by atoms with Crippen LogP contribution in [0.5, 0.6) is 0 Å². The lowest BCUT2D eigenvalue weighted by Crippen LogP contribution is -2.43. The molecule has 1 aromatic carbocycles. The Morgan fingerprint density at radius 1 is 1.39 bits per heavy atom. The molecular weight excluding hydrogens is 242 g/mol. The third-order valence-electron chi connectivity index (χ3n) is 3.57. The summed E-state index contributed by atoms with van der Waals surface area (Å²) in [6, 6.07) is 2.02. The average Bonchev–Trinajstić information content (AvgIpc) is 2.23. The molecule has 0 atom stereocenters. The number of benzene rings is 1. The van der Waals surface area contributed by atoms with Gasteiger partial charge in [0.1, 0.15) is 11.6 Å². The predicted molar refractivity (Wildman–Crippen MR) is 60.2 cm³/mol. The van der Waals surface area contributed by atoms with Gasteiger partial charge in [0.2, 0.25) is 0 Å². The van der Waals surface area contributed by atoms with Crippen molar-refractivity contribution in [3.05, 3.63) is 34.9 Å². The lowest BCUT2D eigenvalue weighted by molar-refractivity contribution is -0.147. The lowest BCUT2D eigenvalue weighted by atomic mass is 9.64. The van der Waals surface area contributed by atoms with E-state index in [-0.39, 0.29) is 17.7 Å². The van der Waals surface area contributed by atoms with Crippen LogP contribution in [-0.2, 0) is 21.6 Å². The van der Waals surface area contributed by atoms with Crippen LogP contribution in [0.25, 0.3) is 0 Å². The zero-order valence-corrected chi connectivity index (χ0v) is 10.0. The largest absolute Gasteiger partial charge is 0.481 e. The Hall–Kier alpha value is -1.49. The second-order valence-electron chi connectivity index (χ2n) is 4.60. The fraction of sp³-hybridized carbons (Fsp3) is 0.462. The van der Waals surface area contributed by atoms with Crippen LogP contribution in [0, 0.1) is 11.6 Å². The van der Waals surface area contributed by atoms with E-state index in [2.05, 4.69) is 0 Å². The normalized spacial score (nSPS) is 17.3. The second-order valence-corrected chi connectivity index (χ2v) is 4.60. The van der Waals surface area contributed by atoms with E-state index in [1.807, 2.05) is 0 Å². The summed E-state index contributed by atoms with van der Waals surface area (Å²) in [6.07, 6.45) is 1.41. The van der Waals surface area contributed by atoms with Gasteiger partial charge in [0.15, 0.2) is 0 Å². The van der Waals surface area contributed by atoms with E-state index >= 15 is 0 Å². The molecule has 98 valence electrons. The lowest BCUT2D eigenvalue weighted by Gasteiger charge is -2.38. The van der Waals surface area contributed by atoms with Crippen molar-refractivity contribution in [3.63, 3.8) is 0 Å². The summed E-state index contributed by atoms with van der Waals surface area (Å²) in [5, 5.41) is 9.21. The highest BCUT2D eigenvalue weighted by Gasteiger charge is 2.47. The van der Waals surface area contributed by atoms with Crippen molar-refractivity contribution in [1.82, 2.24) is 0 Å². The fourth-order valence-electron chi connectivity index (χ4n) is 2.35. The van der Waals surface area contributed by atoms with Crippen molar-refractivity contribution >= 4 is 5.97 Å². The molecule has 18 heavy (non-hydrogen) atoms. The Morgan fingerprint density at radius 3 is 2.50 bits per heavy atom. The van der Waals surface area contributed by atoms with Gasteiger partial charge in [-0.15, -0.1) is 0 Å². The van der Waals surface area contributed by atoms with Crippen molar-refractivity contribution in [2.45, 2.75) is 31.3 Å². The number of aliphatic carboxylic acids is 1. The van der Waals surface area contributed by atoms with Crippen LogP contribution in [0.3, 0.4) is 0 Å². The van der Waals surface area contributed by atoms with Crippen LogP contribution in [0.2, 0.25) is 0 Å². The van der Waals surface area contributed by atoms with Crippen LogP contribution < -0.4 is 0 Å². The number of rotatable bonds is 4. The molecule has 0 heterocycles. The van der Waals surface area contributed by atoms with Gasteiger partial charge in [-0.25, -0.2) is 8.78 Å². The predicted octanol–water partition coefficient (Wildman–Crippen LogP) is 2.62. The number of ether oxygens (including phenoxy) is 1. The fourth-order valence-corrected chi connectivity index (χ4v) is 2.35. The van der Waals surface area contributed by atoms with Gasteiger partial charge in [-0.05, 0) is 25.0 Å². The zero-order valence-electron chi connectivity index (χ0n) is 10.0. The Bertz CT molecular complexity index is 481. The number of carboxylic acid groups (broad SMARTS) is 1. The number of hydrogen-bond donors (Lipinski definition) is 1. The first-order chi connectivity index (χ1) is 8.51. The minimum absolute atomic E-state index is 0.0386. The number of methoxy groups -OCH3 is 1. The molecule has 2 rings (SSSR count). The highest BCUT2D eigenvalue weighted by molar-refractivity contribution is 5.82. The molecule has 3 nitrogen and oxygen atoms in total. The van der Waals surface area contributed by atoms with Crippen molar-refractivity contribution in [2.75, 3.05) is 7.11 Å². The molecule has 0 saturated heterocycles. The van der Waals surface area contributed by atoms with Crippen molar-refractivity contribution in [1.29, 1.82) is 0 Å². The Labute approximate surface area is 103 Å². The molecule has 1 aliphatic rings. The van der Waals surface area contributed by atoms with Crippen LogP contribution in [0.4, 0.5) is 8.78 Å². The molecule has 0 unspecified atom stereocenters. The maximum absolute atomic E-state index is 13.9. The molecule has 0 aliphatic heterocycles. The molecule has 1 saturated carbocycles. The van der Waals surface area contributed by atoms with Gasteiger partial charge in [-0.3, -0.25) is 4.79 Å². The van der Waals surface area contributed by atoms with E-state index < -0.39 is 23.0 Å². The summed E-state index contributed by atoms with van der Waals surface area (Å²) in [5.41, 5.74) is -1.21. The molecular formula is C13H14F2O3. The Kier molecular flexibility index (Phi) is 3.34. The first kappa shape index (κ1) is 13.0. The maximum Gasteiger partial charge on any atom is 0.314 e. The van der Waals surface area contributed by atoms with Gasteiger partial charge in [-0.2, -0.15) is 0 Å². The molecule has 1 N–H and O–H groups in total. The molecule has 0 radical (unpaired) electrons. The Morgan fingerprint density at radius 2 is 2.06 bits per heavy atom. The van der Waals surface area contributed by atoms with E-state index in [0.29, 0.717) is 19.3 Å². The highest BCUT2D eigenvalue weighted by atomic mass is 19.1. The van der Waals surface area contributed by atoms with Crippen molar-refractivity contribution in [2.24, 2.45) is 0 Å². The summed E-state index contributed by atoms with van der Waals surface area (Å²) in [5.74, 6) is -2.39. The second kappa shape index (κ2) is 4.65. The first-order valence-corrected chi connectivity index (χ1v) is 5.72. The molecule has 1 fully saturated rings. The zero-order chi connectivity index (χ0) is 13.3. The molecule has 1 aromatic rings. The van der Waals surface area contributed by atoms with Crippen molar-refractivity contribution < 1.29 is 23.4 Å². The summed E-state index contributed by atoms with van der Waals surface area (Å²) in [4.78, 5) is 11.3. The summed E-state index contributed by atoms with van der Waals surface area (Å²) >= 11 is 0. The quantitative estimate of drug-likeness (QED) is 0.900. The van der Waals surface area contributed by atoms with Gasteiger partial charge < -0.3 is 9.84 Å². The molecule has 5 heteroatoms. The van der Waals surface area contributed by atoms with Gasteiger partial charge in [-0.1, -0.05) is 6.42 Å². The summed E-state index contributed by atoms with van der Waals surface area (Å²) in [7, 11) is 1.38. The van der Waals surface area contributed by atoms with Crippen molar-refractivity contribution in [3.8, 4) is 0 Å². The monoisotopic (exact) mass is 256 g/mol. The average molecular weight is 256 g/mol. The van der Waals surface area contributed by atoms with E-state index in [9.17, 15) is 18.7 Å². The summed E-state index contributed by atoms with van der Waals surface area (Å²) < 4.78 is 32.4. The Balaban J connectivity index is 2.46. The molecule has 0 bridgehead atoms. The third-order valence-corrected chi connectivity index (χ3v) is 3.57. The number of carboxylic acids is 1. The van der Waals surface area contributed by atoms with E-state index in [1.54, 1.807) is 0 Å². The van der Waals surface area contributed by atoms with Crippen LogP contribution >= 0.6 is 0 Å². The molecule has 0 aromatic heterocycles. The number of hydrogen-bond acceptors (Lipinski definition) is 2. The third kappa shape index (κ3) is 1.88. The van der Waals surface area contributed by atoms with E-state index in [0.717, 1.165) is 12.1 Å². The van der Waals surface area contributed by atoms with E-state index in [1.165, 1.54) is 7.11 Å². The highest BCUT2D eigenvalue weighted by Crippen LogP contribution is 2.45. The van der Waals surface area contributed by atoms with Gasteiger partial charge in [0, 0.05) is 18.2 Å². The summed E-state index contributed by atoms with van der Waals surface area (Å²) in [6.45, 7) is -0.0386. The molecule has 1 aliphatic carbocycles. The molecule has 0 amide bonds.